The molecular formula is C15H17NOS. The largest absolute Gasteiger partial charge is 0.347 e. The van der Waals surface area contributed by atoms with Crippen molar-refractivity contribution in [2.75, 3.05) is 0 Å². The number of amides is 1. The lowest BCUT2D eigenvalue weighted by atomic mass is 10.2. The molecule has 1 amide bonds. The van der Waals surface area contributed by atoms with E-state index in [0.717, 1.165) is 0 Å². The second-order valence-corrected chi connectivity index (χ2v) is 5.71. The van der Waals surface area contributed by atoms with Gasteiger partial charge in [0.25, 0.3) is 5.91 Å². The van der Waals surface area contributed by atoms with Crippen LogP contribution in [0.3, 0.4) is 0 Å². The Morgan fingerprint density at radius 3 is 2.50 bits per heavy atom. The van der Waals surface area contributed by atoms with Crippen LogP contribution in [0.4, 0.5) is 0 Å². The van der Waals surface area contributed by atoms with E-state index >= 15 is 0 Å². The van der Waals surface area contributed by atoms with Crippen LogP contribution in [0.15, 0.2) is 42.5 Å². The van der Waals surface area contributed by atoms with Gasteiger partial charge < -0.3 is 5.32 Å². The van der Waals surface area contributed by atoms with Gasteiger partial charge in [0, 0.05) is 15.3 Å². The number of nitrogens with one attached hydrogen (secondary N) is 1. The van der Waals surface area contributed by atoms with Gasteiger partial charge in [-0.25, -0.2) is 0 Å². The van der Waals surface area contributed by atoms with Gasteiger partial charge in [-0.1, -0.05) is 32.0 Å². The topological polar surface area (TPSA) is 29.1 Å². The Labute approximate surface area is 112 Å². The molecule has 0 radical (unpaired) electrons. The Kier molecular flexibility index (Phi) is 4.15. The first-order chi connectivity index (χ1) is 8.66. The monoisotopic (exact) mass is 259 g/mol. The fraction of sp³-hybridized carbons (Fsp3) is 0.267. The van der Waals surface area contributed by atoms with Gasteiger partial charge in [0.1, 0.15) is 0 Å². The van der Waals surface area contributed by atoms with E-state index in [1.807, 2.05) is 30.3 Å². The Hall–Kier alpha value is -1.61. The average molecular weight is 259 g/mol. The molecule has 3 heteroatoms. The van der Waals surface area contributed by atoms with Crippen LogP contribution in [0.2, 0.25) is 0 Å². The maximum absolute atomic E-state index is 11.9. The zero-order valence-corrected chi connectivity index (χ0v) is 11.5. The lowest BCUT2D eigenvalue weighted by Crippen LogP contribution is -2.22. The molecule has 0 aliphatic rings. The zero-order valence-electron chi connectivity index (χ0n) is 10.6. The molecule has 0 saturated heterocycles. The highest BCUT2D eigenvalue weighted by atomic mass is 32.1. The minimum atomic E-state index is -0.0184. The lowest BCUT2D eigenvalue weighted by Gasteiger charge is -2.03. The summed E-state index contributed by atoms with van der Waals surface area (Å²) >= 11 is 1.76. The third kappa shape index (κ3) is 3.20. The first kappa shape index (κ1) is 12.8. The molecule has 2 aromatic rings. The van der Waals surface area contributed by atoms with E-state index in [2.05, 4.69) is 31.3 Å². The summed E-state index contributed by atoms with van der Waals surface area (Å²) in [5.74, 6) is 0.531. The van der Waals surface area contributed by atoms with Crippen molar-refractivity contribution in [2.24, 2.45) is 0 Å². The van der Waals surface area contributed by atoms with Gasteiger partial charge in [-0.3, -0.25) is 4.79 Å². The summed E-state index contributed by atoms with van der Waals surface area (Å²) in [5.41, 5.74) is 0.707. The second-order valence-electron chi connectivity index (χ2n) is 4.51. The molecule has 1 aromatic heterocycles. The number of hydrogen-bond acceptors (Lipinski definition) is 2. The van der Waals surface area contributed by atoms with Crippen LogP contribution >= 0.6 is 11.3 Å². The fourth-order valence-electron chi connectivity index (χ4n) is 1.66. The highest BCUT2D eigenvalue weighted by Crippen LogP contribution is 2.24. The number of thiophene rings is 1. The van der Waals surface area contributed by atoms with Crippen molar-refractivity contribution in [3.63, 3.8) is 0 Å². The van der Waals surface area contributed by atoms with Crippen LogP contribution in [0, 0.1) is 0 Å². The SMILES string of the molecule is CC(C)c1ccc(CNC(=O)c2ccccc2)s1. The van der Waals surface area contributed by atoms with E-state index in [-0.39, 0.29) is 5.91 Å². The van der Waals surface area contributed by atoms with Crippen molar-refractivity contribution in [1.82, 2.24) is 5.32 Å². The van der Waals surface area contributed by atoms with Crippen molar-refractivity contribution in [1.29, 1.82) is 0 Å². The molecule has 0 aliphatic carbocycles. The molecule has 0 unspecified atom stereocenters. The number of carbonyl (C=O) groups is 1. The second kappa shape index (κ2) is 5.83. The van der Waals surface area contributed by atoms with Gasteiger partial charge >= 0.3 is 0 Å². The summed E-state index contributed by atoms with van der Waals surface area (Å²) in [6.45, 7) is 4.96. The van der Waals surface area contributed by atoms with Crippen LogP contribution in [0.25, 0.3) is 0 Å². The fourth-order valence-corrected chi connectivity index (χ4v) is 2.61. The molecule has 2 rings (SSSR count). The van der Waals surface area contributed by atoms with Gasteiger partial charge in [0.2, 0.25) is 0 Å². The third-order valence-electron chi connectivity index (χ3n) is 2.71. The molecule has 0 aliphatic heterocycles. The Morgan fingerprint density at radius 2 is 1.89 bits per heavy atom. The zero-order chi connectivity index (χ0) is 13.0. The predicted molar refractivity (Wildman–Crippen MR) is 76.0 cm³/mol. The van der Waals surface area contributed by atoms with Gasteiger partial charge in [-0.2, -0.15) is 0 Å². The highest BCUT2D eigenvalue weighted by Gasteiger charge is 2.07. The van der Waals surface area contributed by atoms with E-state index in [0.29, 0.717) is 18.0 Å². The smallest absolute Gasteiger partial charge is 0.251 e. The van der Waals surface area contributed by atoms with E-state index in [4.69, 9.17) is 0 Å². The molecule has 0 spiro atoms. The number of hydrogen-bond donors (Lipinski definition) is 1. The van der Waals surface area contributed by atoms with Gasteiger partial charge in [0.05, 0.1) is 6.54 Å². The molecular weight excluding hydrogens is 242 g/mol. The molecule has 0 fully saturated rings. The van der Waals surface area contributed by atoms with E-state index < -0.39 is 0 Å². The molecule has 1 aromatic carbocycles. The molecule has 0 bridgehead atoms. The van der Waals surface area contributed by atoms with Crippen molar-refractivity contribution in [3.8, 4) is 0 Å². The highest BCUT2D eigenvalue weighted by molar-refractivity contribution is 7.12. The first-order valence-electron chi connectivity index (χ1n) is 6.08. The summed E-state index contributed by atoms with van der Waals surface area (Å²) in [4.78, 5) is 14.4. The van der Waals surface area contributed by atoms with Crippen LogP contribution in [0.1, 0.15) is 39.9 Å². The molecule has 94 valence electrons. The maximum Gasteiger partial charge on any atom is 0.251 e. The van der Waals surface area contributed by atoms with Crippen LogP contribution in [-0.2, 0) is 6.54 Å². The van der Waals surface area contributed by atoms with Gasteiger partial charge in [-0.05, 0) is 30.2 Å². The maximum atomic E-state index is 11.9. The summed E-state index contributed by atoms with van der Waals surface area (Å²) in [6.07, 6.45) is 0. The third-order valence-corrected chi connectivity index (χ3v) is 4.10. The minimum absolute atomic E-state index is 0.0184. The molecule has 18 heavy (non-hydrogen) atoms. The van der Waals surface area contributed by atoms with Crippen LogP contribution in [0.5, 0.6) is 0 Å². The van der Waals surface area contributed by atoms with Gasteiger partial charge in [0.15, 0.2) is 0 Å². The molecule has 0 atom stereocenters. The van der Waals surface area contributed by atoms with Crippen LogP contribution in [-0.4, -0.2) is 5.91 Å². The Morgan fingerprint density at radius 1 is 1.17 bits per heavy atom. The normalized spacial score (nSPS) is 10.6. The van der Waals surface area contributed by atoms with E-state index in [9.17, 15) is 4.79 Å². The standard InChI is InChI=1S/C15H17NOS/c1-11(2)14-9-8-13(18-14)10-16-15(17)12-6-4-3-5-7-12/h3-9,11H,10H2,1-2H3,(H,16,17). The van der Waals surface area contributed by atoms with Crippen molar-refractivity contribution in [3.05, 3.63) is 57.8 Å². The van der Waals surface area contributed by atoms with Crippen molar-refractivity contribution in [2.45, 2.75) is 26.3 Å². The van der Waals surface area contributed by atoms with Crippen molar-refractivity contribution < 1.29 is 4.79 Å². The summed E-state index contributed by atoms with van der Waals surface area (Å²) in [7, 11) is 0. The minimum Gasteiger partial charge on any atom is -0.347 e. The lowest BCUT2D eigenvalue weighted by molar-refractivity contribution is 0.0951. The predicted octanol–water partition coefficient (Wildman–Crippen LogP) is 3.80. The quantitative estimate of drug-likeness (QED) is 0.889. The Bertz CT molecular complexity index is 516. The molecule has 1 heterocycles. The average Bonchev–Trinajstić information content (AvgIpc) is 2.86. The van der Waals surface area contributed by atoms with Crippen LogP contribution < -0.4 is 5.32 Å². The molecule has 2 nitrogen and oxygen atoms in total. The summed E-state index contributed by atoms with van der Waals surface area (Å²) < 4.78 is 0. The number of carbonyl (C=O) groups excluding carboxylic acids is 1. The van der Waals surface area contributed by atoms with E-state index in [1.165, 1.54) is 9.75 Å². The number of rotatable bonds is 4. The van der Waals surface area contributed by atoms with E-state index in [1.54, 1.807) is 11.3 Å². The van der Waals surface area contributed by atoms with Gasteiger partial charge in [-0.15, -0.1) is 11.3 Å². The molecule has 0 saturated carbocycles. The number of benzene rings is 1. The molecule has 1 N–H and O–H groups in total. The Balaban J connectivity index is 1.93. The van der Waals surface area contributed by atoms with Crippen molar-refractivity contribution >= 4 is 17.2 Å². The summed E-state index contributed by atoms with van der Waals surface area (Å²) in [5, 5.41) is 2.94. The first-order valence-corrected chi connectivity index (χ1v) is 6.90. The summed E-state index contributed by atoms with van der Waals surface area (Å²) in [6, 6.07) is 13.5.